The van der Waals surface area contributed by atoms with Crippen LogP contribution < -0.4 is 5.32 Å². The number of benzene rings is 2. The van der Waals surface area contributed by atoms with Crippen molar-refractivity contribution in [3.8, 4) is 0 Å². The van der Waals surface area contributed by atoms with Crippen molar-refractivity contribution in [1.29, 1.82) is 0 Å². The largest absolute Gasteiger partial charge is 0.322 e. The molecule has 2 heterocycles. The number of hydrogen-bond donors (Lipinski definition) is 1. The SMILES string of the molecule is Cc1cccc(NC(=O)N2CCCCCC2CN2CCc3ccccc3C2)c1. The van der Waals surface area contributed by atoms with Crippen LogP contribution in [0.4, 0.5) is 10.5 Å². The molecule has 4 rings (SSSR count). The molecule has 2 aliphatic rings. The van der Waals surface area contributed by atoms with Crippen LogP contribution in [0.1, 0.15) is 42.4 Å². The highest BCUT2D eigenvalue weighted by atomic mass is 16.2. The predicted octanol–water partition coefficient (Wildman–Crippen LogP) is 4.83. The monoisotopic (exact) mass is 377 g/mol. The van der Waals surface area contributed by atoms with Gasteiger partial charge in [0.05, 0.1) is 0 Å². The fraction of sp³-hybridized carbons (Fsp3) is 0.458. The normalized spacial score (nSPS) is 20.3. The summed E-state index contributed by atoms with van der Waals surface area (Å²) in [5.74, 6) is 0. The highest BCUT2D eigenvalue weighted by Gasteiger charge is 2.28. The Bertz CT molecular complexity index is 819. The van der Waals surface area contributed by atoms with E-state index in [4.69, 9.17) is 0 Å². The number of fused-ring (bicyclic) bond motifs is 1. The van der Waals surface area contributed by atoms with Crippen LogP contribution in [-0.4, -0.2) is 41.5 Å². The first-order valence-electron chi connectivity index (χ1n) is 10.6. The molecule has 1 saturated heterocycles. The molecule has 1 atom stereocenters. The number of aryl methyl sites for hydroxylation is 1. The molecule has 0 radical (unpaired) electrons. The molecule has 2 amide bonds. The summed E-state index contributed by atoms with van der Waals surface area (Å²) in [6.45, 7) is 5.96. The molecule has 4 heteroatoms. The van der Waals surface area contributed by atoms with Gasteiger partial charge in [-0.1, -0.05) is 49.2 Å². The van der Waals surface area contributed by atoms with Gasteiger partial charge in [0.2, 0.25) is 0 Å². The van der Waals surface area contributed by atoms with Crippen molar-refractivity contribution in [3.63, 3.8) is 0 Å². The van der Waals surface area contributed by atoms with Crippen molar-refractivity contribution >= 4 is 11.7 Å². The van der Waals surface area contributed by atoms with Gasteiger partial charge >= 0.3 is 6.03 Å². The topological polar surface area (TPSA) is 35.6 Å². The molecular weight excluding hydrogens is 346 g/mol. The molecule has 1 fully saturated rings. The summed E-state index contributed by atoms with van der Waals surface area (Å²) in [6, 6.07) is 17.2. The molecule has 28 heavy (non-hydrogen) atoms. The third kappa shape index (κ3) is 4.56. The number of nitrogens with one attached hydrogen (secondary N) is 1. The van der Waals surface area contributed by atoms with E-state index in [-0.39, 0.29) is 12.1 Å². The maximum atomic E-state index is 13.1. The Kier molecular flexibility index (Phi) is 5.96. The summed E-state index contributed by atoms with van der Waals surface area (Å²) in [4.78, 5) is 17.7. The second-order valence-corrected chi connectivity index (χ2v) is 8.25. The molecule has 1 N–H and O–H groups in total. The maximum absolute atomic E-state index is 13.1. The number of hydrogen-bond acceptors (Lipinski definition) is 2. The number of likely N-dealkylation sites (tertiary alicyclic amines) is 1. The average Bonchev–Trinajstić information content (AvgIpc) is 2.93. The number of amides is 2. The zero-order chi connectivity index (χ0) is 19.3. The Labute approximate surface area is 168 Å². The van der Waals surface area contributed by atoms with Gasteiger partial charge in [0.25, 0.3) is 0 Å². The smallest absolute Gasteiger partial charge is 0.320 e. The van der Waals surface area contributed by atoms with E-state index >= 15 is 0 Å². The molecule has 148 valence electrons. The third-order valence-electron chi connectivity index (χ3n) is 6.09. The Morgan fingerprint density at radius 2 is 1.89 bits per heavy atom. The number of urea groups is 1. The van der Waals surface area contributed by atoms with E-state index in [1.165, 1.54) is 24.0 Å². The van der Waals surface area contributed by atoms with E-state index < -0.39 is 0 Å². The minimum atomic E-state index is 0.0508. The van der Waals surface area contributed by atoms with Crippen molar-refractivity contribution in [3.05, 3.63) is 65.2 Å². The molecule has 0 saturated carbocycles. The Morgan fingerprint density at radius 1 is 1.04 bits per heavy atom. The van der Waals surface area contributed by atoms with Gasteiger partial charge in [-0.25, -0.2) is 4.79 Å². The lowest BCUT2D eigenvalue weighted by Gasteiger charge is -2.36. The van der Waals surface area contributed by atoms with Crippen LogP contribution in [0.5, 0.6) is 0 Å². The fourth-order valence-corrected chi connectivity index (χ4v) is 4.56. The lowest BCUT2D eigenvalue weighted by atomic mass is 9.99. The van der Waals surface area contributed by atoms with Crippen molar-refractivity contribution in [2.45, 2.75) is 51.6 Å². The molecule has 0 aliphatic carbocycles. The van der Waals surface area contributed by atoms with E-state index in [1.54, 1.807) is 0 Å². The van der Waals surface area contributed by atoms with Gasteiger partial charge in [-0.05, 0) is 55.0 Å². The minimum Gasteiger partial charge on any atom is -0.320 e. The van der Waals surface area contributed by atoms with Gasteiger partial charge in [-0.15, -0.1) is 0 Å². The van der Waals surface area contributed by atoms with Crippen LogP contribution in [0, 0.1) is 6.92 Å². The first kappa shape index (κ1) is 19.0. The first-order chi connectivity index (χ1) is 13.7. The van der Waals surface area contributed by atoms with Crippen LogP contribution in [0.2, 0.25) is 0 Å². The summed E-state index contributed by atoms with van der Waals surface area (Å²) in [5.41, 5.74) is 4.98. The predicted molar refractivity (Wildman–Crippen MR) is 115 cm³/mol. The van der Waals surface area contributed by atoms with Crippen LogP contribution >= 0.6 is 0 Å². The number of carbonyl (C=O) groups is 1. The summed E-state index contributed by atoms with van der Waals surface area (Å²) in [5, 5.41) is 3.13. The van der Waals surface area contributed by atoms with E-state index in [1.807, 2.05) is 18.2 Å². The van der Waals surface area contributed by atoms with Crippen LogP contribution in [0.25, 0.3) is 0 Å². The molecule has 0 aromatic heterocycles. The van der Waals surface area contributed by atoms with Crippen LogP contribution in [0.3, 0.4) is 0 Å². The lowest BCUT2D eigenvalue weighted by molar-refractivity contribution is 0.146. The second kappa shape index (κ2) is 8.78. The molecule has 2 aromatic carbocycles. The molecular formula is C24H31N3O. The number of nitrogens with zero attached hydrogens (tertiary/aromatic N) is 2. The Balaban J connectivity index is 1.44. The van der Waals surface area contributed by atoms with E-state index in [9.17, 15) is 4.79 Å². The van der Waals surface area contributed by atoms with Gasteiger partial charge < -0.3 is 10.2 Å². The van der Waals surface area contributed by atoms with Gasteiger partial charge in [0.15, 0.2) is 0 Å². The molecule has 2 aliphatic heterocycles. The molecule has 0 bridgehead atoms. The van der Waals surface area contributed by atoms with Gasteiger partial charge in [-0.3, -0.25) is 4.90 Å². The van der Waals surface area contributed by atoms with Gasteiger partial charge in [0.1, 0.15) is 0 Å². The Hall–Kier alpha value is -2.33. The van der Waals surface area contributed by atoms with Crippen molar-refractivity contribution < 1.29 is 4.79 Å². The van der Waals surface area contributed by atoms with Gasteiger partial charge in [0, 0.05) is 37.9 Å². The quantitative estimate of drug-likeness (QED) is 0.831. The van der Waals surface area contributed by atoms with E-state index in [0.29, 0.717) is 0 Å². The number of carbonyl (C=O) groups excluding carboxylic acids is 1. The highest BCUT2D eigenvalue weighted by Crippen LogP contribution is 2.23. The zero-order valence-electron chi connectivity index (χ0n) is 16.9. The van der Waals surface area contributed by atoms with Crippen LogP contribution in [0.15, 0.2) is 48.5 Å². The lowest BCUT2D eigenvalue weighted by Crippen LogP contribution is -2.49. The number of rotatable bonds is 3. The van der Waals surface area contributed by atoms with Crippen LogP contribution in [-0.2, 0) is 13.0 Å². The van der Waals surface area contributed by atoms with Crippen molar-refractivity contribution in [2.24, 2.45) is 0 Å². The fourth-order valence-electron chi connectivity index (χ4n) is 4.56. The van der Waals surface area contributed by atoms with Crippen molar-refractivity contribution in [2.75, 3.05) is 25.0 Å². The molecule has 1 unspecified atom stereocenters. The maximum Gasteiger partial charge on any atom is 0.322 e. The first-order valence-corrected chi connectivity index (χ1v) is 10.6. The zero-order valence-corrected chi connectivity index (χ0v) is 16.9. The summed E-state index contributed by atoms with van der Waals surface area (Å²) in [7, 11) is 0. The van der Waals surface area contributed by atoms with Gasteiger partial charge in [-0.2, -0.15) is 0 Å². The van der Waals surface area contributed by atoms with Crippen molar-refractivity contribution in [1.82, 2.24) is 9.80 Å². The second-order valence-electron chi connectivity index (χ2n) is 8.25. The number of anilines is 1. The molecule has 4 nitrogen and oxygen atoms in total. The molecule has 0 spiro atoms. The summed E-state index contributed by atoms with van der Waals surface area (Å²) >= 11 is 0. The van der Waals surface area contributed by atoms with E-state index in [0.717, 1.165) is 56.7 Å². The Morgan fingerprint density at radius 3 is 2.75 bits per heavy atom. The molecule has 2 aromatic rings. The average molecular weight is 378 g/mol. The van der Waals surface area contributed by atoms with E-state index in [2.05, 4.69) is 52.4 Å². The summed E-state index contributed by atoms with van der Waals surface area (Å²) in [6.07, 6.45) is 5.73. The summed E-state index contributed by atoms with van der Waals surface area (Å²) < 4.78 is 0. The minimum absolute atomic E-state index is 0.0508. The third-order valence-corrected chi connectivity index (χ3v) is 6.09. The highest BCUT2D eigenvalue weighted by molar-refractivity contribution is 5.89. The standard InChI is InChI=1S/C24H31N3O/c1-19-8-7-11-22(16-19)25-24(28)27-14-6-2-3-12-23(27)18-26-15-13-20-9-4-5-10-21(20)17-26/h4-5,7-11,16,23H,2-3,6,12-15,17-18H2,1H3,(H,25,28).